The van der Waals surface area contributed by atoms with Crippen LogP contribution in [0.15, 0.2) is 48.5 Å². The second-order valence-corrected chi connectivity index (χ2v) is 7.69. The molecule has 0 N–H and O–H groups in total. The molecule has 2 amide bonds. The van der Waals surface area contributed by atoms with Gasteiger partial charge < -0.3 is 0 Å². The molecule has 1 heterocycles. The molecule has 3 nitrogen and oxygen atoms in total. The van der Waals surface area contributed by atoms with Crippen molar-refractivity contribution in [2.45, 2.75) is 31.6 Å². The SMILES string of the molecule is CCCN1C(=O)C2C3c4ccccc4C(C)(c4ccccc43)C2C1=O. The molecule has 4 aliphatic rings. The van der Waals surface area contributed by atoms with Crippen LogP contribution in [0.2, 0.25) is 0 Å². The molecule has 0 spiro atoms. The van der Waals surface area contributed by atoms with Gasteiger partial charge in [0.25, 0.3) is 0 Å². The van der Waals surface area contributed by atoms with Gasteiger partial charge in [-0.15, -0.1) is 0 Å². The number of imide groups is 1. The third-order valence-electron chi connectivity index (χ3n) is 6.58. The van der Waals surface area contributed by atoms with Crippen molar-refractivity contribution in [2.75, 3.05) is 6.54 Å². The predicted molar refractivity (Wildman–Crippen MR) is 95.2 cm³/mol. The van der Waals surface area contributed by atoms with Crippen LogP contribution in [-0.2, 0) is 15.0 Å². The lowest BCUT2D eigenvalue weighted by Crippen LogP contribution is -2.51. The average molecular weight is 331 g/mol. The zero-order valence-corrected chi connectivity index (χ0v) is 14.5. The first kappa shape index (κ1) is 14.9. The van der Waals surface area contributed by atoms with Crippen molar-refractivity contribution >= 4 is 11.8 Å². The van der Waals surface area contributed by atoms with Crippen molar-refractivity contribution in [3.05, 3.63) is 70.8 Å². The Balaban J connectivity index is 1.83. The summed E-state index contributed by atoms with van der Waals surface area (Å²) in [5, 5.41) is 0. The molecular weight excluding hydrogens is 310 g/mol. The van der Waals surface area contributed by atoms with Gasteiger partial charge >= 0.3 is 0 Å². The van der Waals surface area contributed by atoms with E-state index in [4.69, 9.17) is 0 Å². The number of nitrogens with zero attached hydrogens (tertiary/aromatic N) is 1. The minimum atomic E-state index is -0.429. The molecule has 2 aromatic carbocycles. The van der Waals surface area contributed by atoms with Crippen molar-refractivity contribution in [1.82, 2.24) is 4.90 Å². The Kier molecular flexibility index (Phi) is 2.87. The number of amides is 2. The van der Waals surface area contributed by atoms with Gasteiger partial charge in [0.2, 0.25) is 11.8 Å². The first-order valence-electron chi connectivity index (χ1n) is 9.14. The van der Waals surface area contributed by atoms with Crippen LogP contribution in [0, 0.1) is 11.8 Å². The largest absolute Gasteiger partial charge is 0.282 e. The molecule has 3 heteroatoms. The summed E-state index contributed by atoms with van der Waals surface area (Å²) in [4.78, 5) is 28.0. The summed E-state index contributed by atoms with van der Waals surface area (Å²) in [5.74, 6) is -0.488. The Morgan fingerprint density at radius 1 is 0.920 bits per heavy atom. The van der Waals surface area contributed by atoms with E-state index in [1.165, 1.54) is 27.2 Å². The Hall–Kier alpha value is -2.42. The lowest BCUT2D eigenvalue weighted by molar-refractivity contribution is -0.140. The van der Waals surface area contributed by atoms with E-state index in [1.807, 2.05) is 31.2 Å². The molecule has 2 atom stereocenters. The summed E-state index contributed by atoms with van der Waals surface area (Å²) in [6.07, 6.45) is 0.804. The Morgan fingerprint density at radius 3 is 2.04 bits per heavy atom. The van der Waals surface area contributed by atoms with Gasteiger partial charge in [-0.3, -0.25) is 14.5 Å². The van der Waals surface area contributed by atoms with Crippen molar-refractivity contribution < 1.29 is 9.59 Å². The van der Waals surface area contributed by atoms with Crippen LogP contribution in [0.3, 0.4) is 0 Å². The van der Waals surface area contributed by atoms with Gasteiger partial charge in [-0.05, 0) is 28.7 Å². The third-order valence-corrected chi connectivity index (χ3v) is 6.58. The van der Waals surface area contributed by atoms with E-state index in [-0.39, 0.29) is 29.6 Å². The average Bonchev–Trinajstić information content (AvgIpc) is 2.89. The first-order chi connectivity index (χ1) is 12.1. The fraction of sp³-hybridized carbons (Fsp3) is 0.364. The standard InChI is InChI=1S/C22H21NO2/c1-3-12-23-20(24)18-17-13-8-4-6-10-15(13)22(2,19(18)21(23)25)16-11-7-5-9-14(16)17/h4-11,17-19H,3,12H2,1-2H3. The highest BCUT2D eigenvalue weighted by Crippen LogP contribution is 2.63. The molecule has 0 aromatic heterocycles. The Labute approximate surface area is 147 Å². The molecule has 2 bridgehead atoms. The molecule has 2 unspecified atom stereocenters. The van der Waals surface area contributed by atoms with E-state index in [2.05, 4.69) is 31.2 Å². The minimum Gasteiger partial charge on any atom is -0.282 e. The predicted octanol–water partition coefficient (Wildman–Crippen LogP) is 3.46. The summed E-state index contributed by atoms with van der Waals surface area (Å²) >= 11 is 0. The summed E-state index contributed by atoms with van der Waals surface area (Å²) in [5.41, 5.74) is 4.47. The van der Waals surface area contributed by atoms with Gasteiger partial charge in [0.1, 0.15) is 0 Å². The molecule has 126 valence electrons. The van der Waals surface area contributed by atoms with Gasteiger partial charge in [0, 0.05) is 17.9 Å². The van der Waals surface area contributed by atoms with Crippen LogP contribution in [-0.4, -0.2) is 23.3 Å². The van der Waals surface area contributed by atoms with Crippen LogP contribution in [0.5, 0.6) is 0 Å². The molecule has 3 aliphatic carbocycles. The van der Waals surface area contributed by atoms with E-state index >= 15 is 0 Å². The highest BCUT2D eigenvalue weighted by Gasteiger charge is 2.66. The van der Waals surface area contributed by atoms with Crippen molar-refractivity contribution in [2.24, 2.45) is 11.8 Å². The molecule has 1 saturated heterocycles. The molecule has 1 fully saturated rings. The van der Waals surface area contributed by atoms with E-state index in [0.717, 1.165) is 6.42 Å². The molecule has 2 aromatic rings. The molecule has 25 heavy (non-hydrogen) atoms. The lowest BCUT2D eigenvalue weighted by Gasteiger charge is -2.52. The number of benzene rings is 2. The number of likely N-dealkylation sites (tertiary alicyclic amines) is 1. The van der Waals surface area contributed by atoms with Crippen molar-refractivity contribution in [3.8, 4) is 0 Å². The number of carbonyl (C=O) groups is 2. The number of carbonyl (C=O) groups excluding carboxylic acids is 2. The molecule has 6 rings (SSSR count). The topological polar surface area (TPSA) is 37.4 Å². The quantitative estimate of drug-likeness (QED) is 0.790. The third kappa shape index (κ3) is 1.57. The minimum absolute atomic E-state index is 0.00229. The van der Waals surface area contributed by atoms with E-state index in [9.17, 15) is 9.59 Å². The lowest BCUT2D eigenvalue weighted by atomic mass is 9.48. The van der Waals surface area contributed by atoms with E-state index < -0.39 is 5.41 Å². The smallest absolute Gasteiger partial charge is 0.234 e. The fourth-order valence-corrected chi connectivity index (χ4v) is 5.65. The molecular formula is C22H21NO2. The number of rotatable bonds is 2. The van der Waals surface area contributed by atoms with Crippen LogP contribution < -0.4 is 0 Å². The summed E-state index contributed by atoms with van der Waals surface area (Å²) < 4.78 is 0. The highest BCUT2D eigenvalue weighted by atomic mass is 16.2. The van der Waals surface area contributed by atoms with Gasteiger partial charge in [-0.2, -0.15) is 0 Å². The van der Waals surface area contributed by atoms with Crippen molar-refractivity contribution in [3.63, 3.8) is 0 Å². The zero-order valence-electron chi connectivity index (χ0n) is 14.5. The summed E-state index contributed by atoms with van der Waals surface area (Å²) in [7, 11) is 0. The maximum absolute atomic E-state index is 13.3. The van der Waals surface area contributed by atoms with Crippen LogP contribution in [0.1, 0.15) is 48.4 Å². The van der Waals surface area contributed by atoms with Crippen LogP contribution in [0.25, 0.3) is 0 Å². The van der Waals surface area contributed by atoms with E-state index in [1.54, 1.807) is 0 Å². The van der Waals surface area contributed by atoms with E-state index in [0.29, 0.717) is 6.54 Å². The number of hydrogen-bond donors (Lipinski definition) is 0. The maximum Gasteiger partial charge on any atom is 0.234 e. The Morgan fingerprint density at radius 2 is 1.48 bits per heavy atom. The summed E-state index contributed by atoms with van der Waals surface area (Å²) in [6, 6.07) is 16.8. The van der Waals surface area contributed by atoms with Crippen LogP contribution in [0.4, 0.5) is 0 Å². The van der Waals surface area contributed by atoms with Crippen molar-refractivity contribution in [1.29, 1.82) is 0 Å². The van der Waals surface area contributed by atoms with Gasteiger partial charge in [0.05, 0.1) is 11.8 Å². The molecule has 1 aliphatic heterocycles. The number of hydrogen-bond acceptors (Lipinski definition) is 2. The monoisotopic (exact) mass is 331 g/mol. The van der Waals surface area contributed by atoms with Gasteiger partial charge in [-0.25, -0.2) is 0 Å². The second-order valence-electron chi connectivity index (χ2n) is 7.69. The highest BCUT2D eigenvalue weighted by molar-refractivity contribution is 6.08. The molecule has 0 saturated carbocycles. The van der Waals surface area contributed by atoms with Gasteiger partial charge in [0.15, 0.2) is 0 Å². The normalized spacial score (nSPS) is 31.8. The zero-order chi connectivity index (χ0) is 17.3. The van der Waals surface area contributed by atoms with Gasteiger partial charge in [-0.1, -0.05) is 62.4 Å². The maximum atomic E-state index is 13.3. The van der Waals surface area contributed by atoms with Crippen LogP contribution >= 0.6 is 0 Å². The first-order valence-corrected chi connectivity index (χ1v) is 9.14. The molecule has 0 radical (unpaired) electrons. The fourth-order valence-electron chi connectivity index (χ4n) is 5.65. The summed E-state index contributed by atoms with van der Waals surface area (Å²) in [6.45, 7) is 4.71. The second kappa shape index (κ2) is 4.81. The Bertz CT molecular complexity index is 868.